The SMILES string of the molecule is FC(F)(F)c1cc(Cl)c(-n2nncc2-c2ccccc2)c(Cl)c1. The first-order chi connectivity index (χ1) is 10.9. The average molecular weight is 358 g/mol. The third-order valence-corrected chi connectivity index (χ3v) is 3.75. The molecule has 0 aliphatic carbocycles. The molecule has 0 aliphatic heterocycles. The maximum absolute atomic E-state index is 12.8. The zero-order chi connectivity index (χ0) is 16.6. The molecule has 3 rings (SSSR count). The fraction of sp³-hybridized carbons (Fsp3) is 0.0667. The van der Waals surface area contributed by atoms with Crippen molar-refractivity contribution in [2.75, 3.05) is 0 Å². The summed E-state index contributed by atoms with van der Waals surface area (Å²) in [5.74, 6) is 0. The van der Waals surface area contributed by atoms with Gasteiger partial charge in [-0.05, 0) is 12.1 Å². The van der Waals surface area contributed by atoms with Gasteiger partial charge in [0, 0.05) is 5.56 Å². The first-order valence-corrected chi connectivity index (χ1v) is 7.16. The number of hydrogen-bond acceptors (Lipinski definition) is 2. The molecule has 3 aromatic rings. The summed E-state index contributed by atoms with van der Waals surface area (Å²) in [6.07, 6.45) is -3.05. The Morgan fingerprint density at radius 1 is 0.957 bits per heavy atom. The first-order valence-electron chi connectivity index (χ1n) is 6.40. The minimum absolute atomic E-state index is 0.151. The van der Waals surface area contributed by atoms with Crippen LogP contribution in [0.2, 0.25) is 10.0 Å². The number of nitrogens with zero attached hydrogens (tertiary/aromatic N) is 3. The highest BCUT2D eigenvalue weighted by Crippen LogP contribution is 2.38. The van der Waals surface area contributed by atoms with Crippen molar-refractivity contribution >= 4 is 23.2 Å². The number of rotatable bonds is 2. The Hall–Kier alpha value is -2.05. The van der Waals surface area contributed by atoms with Gasteiger partial charge < -0.3 is 0 Å². The molecule has 0 saturated heterocycles. The molecule has 1 aromatic heterocycles. The quantitative estimate of drug-likeness (QED) is 0.626. The van der Waals surface area contributed by atoms with Gasteiger partial charge in [-0.25, -0.2) is 4.68 Å². The molecule has 23 heavy (non-hydrogen) atoms. The largest absolute Gasteiger partial charge is 0.416 e. The van der Waals surface area contributed by atoms with Crippen LogP contribution in [0.5, 0.6) is 0 Å². The van der Waals surface area contributed by atoms with E-state index in [0.717, 1.165) is 17.7 Å². The molecule has 0 amide bonds. The fourth-order valence-electron chi connectivity index (χ4n) is 2.14. The molecular formula is C15H8Cl2F3N3. The molecule has 2 aromatic carbocycles. The van der Waals surface area contributed by atoms with E-state index in [9.17, 15) is 13.2 Å². The second-order valence-corrected chi connectivity index (χ2v) is 5.50. The van der Waals surface area contributed by atoms with Crippen molar-refractivity contribution in [3.05, 3.63) is 64.3 Å². The van der Waals surface area contributed by atoms with Gasteiger partial charge in [0.2, 0.25) is 0 Å². The van der Waals surface area contributed by atoms with Crippen LogP contribution in [0, 0.1) is 0 Å². The zero-order valence-electron chi connectivity index (χ0n) is 11.4. The number of aromatic nitrogens is 3. The maximum Gasteiger partial charge on any atom is 0.416 e. The summed E-state index contributed by atoms with van der Waals surface area (Å²) in [4.78, 5) is 0. The predicted octanol–water partition coefficient (Wildman–Crippen LogP) is 5.26. The van der Waals surface area contributed by atoms with Crippen LogP contribution in [-0.2, 0) is 6.18 Å². The van der Waals surface area contributed by atoms with Crippen LogP contribution in [-0.4, -0.2) is 15.0 Å². The van der Waals surface area contributed by atoms with E-state index in [2.05, 4.69) is 10.3 Å². The number of benzene rings is 2. The van der Waals surface area contributed by atoms with Crippen molar-refractivity contribution in [3.8, 4) is 16.9 Å². The van der Waals surface area contributed by atoms with Gasteiger partial charge in [-0.3, -0.25) is 0 Å². The van der Waals surface area contributed by atoms with Gasteiger partial charge in [0.05, 0.1) is 27.5 Å². The molecule has 0 bridgehead atoms. The van der Waals surface area contributed by atoms with E-state index in [1.807, 2.05) is 30.3 Å². The van der Waals surface area contributed by atoms with Crippen LogP contribution in [0.1, 0.15) is 5.56 Å². The molecule has 118 valence electrons. The monoisotopic (exact) mass is 357 g/mol. The second kappa shape index (κ2) is 5.86. The third-order valence-electron chi connectivity index (χ3n) is 3.17. The zero-order valence-corrected chi connectivity index (χ0v) is 12.9. The van der Waals surface area contributed by atoms with Crippen LogP contribution < -0.4 is 0 Å². The van der Waals surface area contributed by atoms with Crippen molar-refractivity contribution in [2.45, 2.75) is 6.18 Å². The van der Waals surface area contributed by atoms with Crippen LogP contribution in [0.15, 0.2) is 48.7 Å². The van der Waals surface area contributed by atoms with E-state index in [4.69, 9.17) is 23.2 Å². The number of hydrogen-bond donors (Lipinski definition) is 0. The van der Waals surface area contributed by atoms with Crippen molar-refractivity contribution in [1.29, 1.82) is 0 Å². The molecule has 1 heterocycles. The average Bonchev–Trinajstić information content (AvgIpc) is 2.95. The summed E-state index contributed by atoms with van der Waals surface area (Å²) in [7, 11) is 0. The van der Waals surface area contributed by atoms with Crippen LogP contribution in [0.4, 0.5) is 13.2 Å². The molecule has 0 radical (unpaired) electrons. The lowest BCUT2D eigenvalue weighted by Gasteiger charge is -2.13. The van der Waals surface area contributed by atoms with E-state index < -0.39 is 11.7 Å². The van der Waals surface area contributed by atoms with Gasteiger partial charge in [0.25, 0.3) is 0 Å². The Morgan fingerprint density at radius 2 is 1.57 bits per heavy atom. The van der Waals surface area contributed by atoms with E-state index >= 15 is 0 Å². The number of halogens is 5. The standard InChI is InChI=1S/C15H8Cl2F3N3/c16-11-6-10(15(18,19)20)7-12(17)14(11)23-13(8-21-22-23)9-4-2-1-3-5-9/h1-8H. The summed E-state index contributed by atoms with van der Waals surface area (Å²) >= 11 is 12.0. The Labute approximate surface area is 139 Å². The third kappa shape index (κ3) is 3.04. The van der Waals surface area contributed by atoms with Crippen LogP contribution >= 0.6 is 23.2 Å². The van der Waals surface area contributed by atoms with Gasteiger partial charge in [0.15, 0.2) is 0 Å². The molecule has 0 spiro atoms. The molecule has 0 aliphatic rings. The molecular weight excluding hydrogens is 350 g/mol. The first kappa shape index (κ1) is 15.8. The van der Waals surface area contributed by atoms with Gasteiger partial charge in [-0.1, -0.05) is 58.7 Å². The Balaban J connectivity index is 2.17. The lowest BCUT2D eigenvalue weighted by atomic mass is 10.1. The van der Waals surface area contributed by atoms with Crippen molar-refractivity contribution in [2.24, 2.45) is 0 Å². The van der Waals surface area contributed by atoms with Crippen molar-refractivity contribution in [1.82, 2.24) is 15.0 Å². The highest BCUT2D eigenvalue weighted by atomic mass is 35.5. The Bertz CT molecular complexity index is 822. The minimum Gasteiger partial charge on any atom is -0.210 e. The normalized spacial score (nSPS) is 11.7. The lowest BCUT2D eigenvalue weighted by molar-refractivity contribution is -0.137. The molecule has 8 heteroatoms. The highest BCUT2D eigenvalue weighted by molar-refractivity contribution is 6.37. The Kier molecular flexibility index (Phi) is 4.04. The van der Waals surface area contributed by atoms with Gasteiger partial charge in [-0.2, -0.15) is 13.2 Å². The van der Waals surface area contributed by atoms with E-state index in [1.165, 1.54) is 10.9 Å². The molecule has 0 atom stereocenters. The summed E-state index contributed by atoms with van der Waals surface area (Å²) in [6.45, 7) is 0. The topological polar surface area (TPSA) is 30.7 Å². The molecule has 0 unspecified atom stereocenters. The highest BCUT2D eigenvalue weighted by Gasteiger charge is 2.32. The molecule has 0 fully saturated rings. The molecule has 0 saturated carbocycles. The molecule has 3 nitrogen and oxygen atoms in total. The minimum atomic E-state index is -4.53. The molecule has 0 N–H and O–H groups in total. The lowest BCUT2D eigenvalue weighted by Crippen LogP contribution is -2.07. The summed E-state index contributed by atoms with van der Waals surface area (Å²) in [5, 5.41) is 7.38. The van der Waals surface area contributed by atoms with E-state index in [-0.39, 0.29) is 15.7 Å². The fourth-order valence-corrected chi connectivity index (χ4v) is 2.78. The van der Waals surface area contributed by atoms with Crippen LogP contribution in [0.3, 0.4) is 0 Å². The summed E-state index contributed by atoms with van der Waals surface area (Å²) in [5.41, 5.74) is 0.578. The maximum atomic E-state index is 12.8. The van der Waals surface area contributed by atoms with E-state index in [0.29, 0.717) is 5.69 Å². The van der Waals surface area contributed by atoms with E-state index in [1.54, 1.807) is 0 Å². The van der Waals surface area contributed by atoms with Crippen LogP contribution in [0.25, 0.3) is 16.9 Å². The Morgan fingerprint density at radius 3 is 2.13 bits per heavy atom. The van der Waals surface area contributed by atoms with Gasteiger partial charge >= 0.3 is 6.18 Å². The summed E-state index contributed by atoms with van der Waals surface area (Å²) < 4.78 is 39.8. The van der Waals surface area contributed by atoms with Crippen molar-refractivity contribution in [3.63, 3.8) is 0 Å². The number of alkyl halides is 3. The van der Waals surface area contributed by atoms with Crippen molar-refractivity contribution < 1.29 is 13.2 Å². The summed E-state index contributed by atoms with van der Waals surface area (Å²) in [6, 6.07) is 10.8. The van der Waals surface area contributed by atoms with Gasteiger partial charge in [-0.15, -0.1) is 5.10 Å². The predicted molar refractivity (Wildman–Crippen MR) is 81.8 cm³/mol. The van der Waals surface area contributed by atoms with Gasteiger partial charge in [0.1, 0.15) is 5.69 Å². The smallest absolute Gasteiger partial charge is 0.210 e. The second-order valence-electron chi connectivity index (χ2n) is 4.68.